The highest BCUT2D eigenvalue weighted by atomic mass is 16.3. The van der Waals surface area contributed by atoms with Gasteiger partial charge in [-0.3, -0.25) is 4.79 Å². The second-order valence-electron chi connectivity index (χ2n) is 5.54. The van der Waals surface area contributed by atoms with Crippen molar-refractivity contribution < 1.29 is 14.3 Å². The standard InChI is InChI=1S/C16H19NO3/c1-11(18)12-5-4-8-17(9-12)16(19)14-10-20-15-7-3-2-6-13(14)15/h2-3,6-7,10-12,18H,4-5,8-9H2,1H3. The van der Waals surface area contributed by atoms with E-state index in [9.17, 15) is 9.90 Å². The summed E-state index contributed by atoms with van der Waals surface area (Å²) in [6.07, 6.45) is 3.09. The van der Waals surface area contributed by atoms with Crippen LogP contribution in [0.25, 0.3) is 11.0 Å². The van der Waals surface area contributed by atoms with Crippen LogP contribution >= 0.6 is 0 Å². The number of fused-ring (bicyclic) bond motifs is 1. The van der Waals surface area contributed by atoms with Crippen molar-refractivity contribution in [3.05, 3.63) is 36.1 Å². The number of aliphatic hydroxyl groups excluding tert-OH is 1. The first-order valence-corrected chi connectivity index (χ1v) is 7.10. The minimum absolute atomic E-state index is 0.000278. The van der Waals surface area contributed by atoms with Crippen molar-refractivity contribution in [1.82, 2.24) is 4.90 Å². The van der Waals surface area contributed by atoms with Crippen molar-refractivity contribution in [2.24, 2.45) is 5.92 Å². The Kier molecular flexibility index (Phi) is 3.49. The van der Waals surface area contributed by atoms with Gasteiger partial charge < -0.3 is 14.4 Å². The minimum atomic E-state index is -0.369. The zero-order valence-electron chi connectivity index (χ0n) is 11.6. The molecule has 4 heteroatoms. The number of carbonyl (C=O) groups excluding carboxylic acids is 1. The summed E-state index contributed by atoms with van der Waals surface area (Å²) in [5.74, 6) is 0.172. The highest BCUT2D eigenvalue weighted by molar-refractivity contribution is 6.05. The first-order valence-electron chi connectivity index (χ1n) is 7.10. The van der Waals surface area contributed by atoms with Gasteiger partial charge in [-0.15, -0.1) is 0 Å². The van der Waals surface area contributed by atoms with Crippen molar-refractivity contribution in [2.45, 2.75) is 25.9 Å². The first-order chi connectivity index (χ1) is 9.66. The maximum atomic E-state index is 12.6. The van der Waals surface area contributed by atoms with Crippen LogP contribution < -0.4 is 0 Å². The van der Waals surface area contributed by atoms with Crippen LogP contribution in [0.3, 0.4) is 0 Å². The van der Waals surface area contributed by atoms with Crippen LogP contribution in [0.1, 0.15) is 30.1 Å². The molecule has 1 aliphatic rings. The number of rotatable bonds is 2. The fourth-order valence-electron chi connectivity index (χ4n) is 2.90. The Morgan fingerprint density at radius 1 is 1.45 bits per heavy atom. The lowest BCUT2D eigenvalue weighted by Crippen LogP contribution is -2.42. The molecule has 1 aromatic carbocycles. The molecule has 1 saturated heterocycles. The third kappa shape index (κ3) is 2.31. The molecule has 0 bridgehead atoms. The van der Waals surface area contributed by atoms with E-state index < -0.39 is 0 Å². The number of likely N-dealkylation sites (tertiary alicyclic amines) is 1. The predicted molar refractivity (Wildman–Crippen MR) is 76.5 cm³/mol. The van der Waals surface area contributed by atoms with E-state index in [2.05, 4.69) is 0 Å². The van der Waals surface area contributed by atoms with E-state index in [1.165, 1.54) is 0 Å². The van der Waals surface area contributed by atoms with Gasteiger partial charge in [0, 0.05) is 24.4 Å². The number of furan rings is 1. The number of hydrogen-bond acceptors (Lipinski definition) is 3. The van der Waals surface area contributed by atoms with Gasteiger partial charge in [-0.25, -0.2) is 0 Å². The summed E-state index contributed by atoms with van der Waals surface area (Å²) in [5.41, 5.74) is 1.35. The van der Waals surface area contributed by atoms with Crippen LogP contribution in [-0.4, -0.2) is 35.1 Å². The molecular weight excluding hydrogens is 254 g/mol. The summed E-state index contributed by atoms with van der Waals surface area (Å²) in [5, 5.41) is 10.6. The van der Waals surface area contributed by atoms with Gasteiger partial charge in [0.15, 0.2) is 0 Å². The molecule has 0 spiro atoms. The minimum Gasteiger partial charge on any atom is -0.463 e. The molecule has 20 heavy (non-hydrogen) atoms. The third-order valence-electron chi connectivity index (χ3n) is 4.14. The number of carbonyl (C=O) groups is 1. The highest BCUT2D eigenvalue weighted by Crippen LogP contribution is 2.25. The maximum absolute atomic E-state index is 12.6. The van der Waals surface area contributed by atoms with Crippen molar-refractivity contribution in [3.63, 3.8) is 0 Å². The lowest BCUT2D eigenvalue weighted by molar-refractivity contribution is 0.0467. The Labute approximate surface area is 118 Å². The van der Waals surface area contributed by atoms with Gasteiger partial charge in [0.2, 0.25) is 0 Å². The Morgan fingerprint density at radius 2 is 2.25 bits per heavy atom. The van der Waals surface area contributed by atoms with Gasteiger partial charge in [0.05, 0.1) is 11.7 Å². The topological polar surface area (TPSA) is 53.7 Å². The van der Waals surface area contributed by atoms with Crippen LogP contribution in [-0.2, 0) is 0 Å². The summed E-state index contributed by atoms with van der Waals surface area (Å²) in [4.78, 5) is 14.5. The average Bonchev–Trinajstić information content (AvgIpc) is 2.90. The number of nitrogens with zero attached hydrogens (tertiary/aromatic N) is 1. The highest BCUT2D eigenvalue weighted by Gasteiger charge is 2.28. The number of aliphatic hydroxyl groups is 1. The van der Waals surface area contributed by atoms with E-state index in [1.807, 2.05) is 29.2 Å². The van der Waals surface area contributed by atoms with Gasteiger partial charge in [0.1, 0.15) is 11.8 Å². The van der Waals surface area contributed by atoms with E-state index >= 15 is 0 Å². The molecule has 106 valence electrons. The molecule has 2 unspecified atom stereocenters. The average molecular weight is 273 g/mol. The summed E-state index contributed by atoms with van der Waals surface area (Å²) in [6.45, 7) is 3.17. The zero-order chi connectivity index (χ0) is 14.1. The molecule has 0 saturated carbocycles. The monoisotopic (exact) mass is 273 g/mol. The second-order valence-corrected chi connectivity index (χ2v) is 5.54. The Hall–Kier alpha value is -1.81. The molecule has 1 aliphatic heterocycles. The molecule has 2 aromatic rings. The summed E-state index contributed by atoms with van der Waals surface area (Å²) in [7, 11) is 0. The molecule has 0 aliphatic carbocycles. The van der Waals surface area contributed by atoms with Crippen molar-refractivity contribution in [3.8, 4) is 0 Å². The predicted octanol–water partition coefficient (Wildman–Crippen LogP) is 2.67. The van der Waals surface area contributed by atoms with Gasteiger partial charge in [-0.2, -0.15) is 0 Å². The molecule has 2 heterocycles. The summed E-state index contributed by atoms with van der Waals surface area (Å²) >= 11 is 0. The number of piperidine rings is 1. The Morgan fingerprint density at radius 3 is 3.05 bits per heavy atom. The molecule has 4 nitrogen and oxygen atoms in total. The van der Waals surface area contributed by atoms with Gasteiger partial charge >= 0.3 is 0 Å². The molecule has 0 radical (unpaired) electrons. The number of para-hydroxylation sites is 1. The van der Waals surface area contributed by atoms with E-state index in [0.29, 0.717) is 12.1 Å². The lowest BCUT2D eigenvalue weighted by Gasteiger charge is -2.34. The third-order valence-corrected chi connectivity index (χ3v) is 4.14. The fourth-order valence-corrected chi connectivity index (χ4v) is 2.90. The summed E-state index contributed by atoms with van der Waals surface area (Å²) < 4.78 is 5.44. The van der Waals surface area contributed by atoms with Crippen LogP contribution in [0.15, 0.2) is 34.9 Å². The van der Waals surface area contributed by atoms with E-state index in [-0.39, 0.29) is 17.9 Å². The molecule has 3 rings (SSSR count). The number of benzene rings is 1. The van der Waals surface area contributed by atoms with Crippen LogP contribution in [0.5, 0.6) is 0 Å². The fraction of sp³-hybridized carbons (Fsp3) is 0.438. The normalized spacial score (nSPS) is 21.1. The lowest BCUT2D eigenvalue weighted by atomic mass is 9.93. The van der Waals surface area contributed by atoms with Crippen LogP contribution in [0.2, 0.25) is 0 Å². The summed E-state index contributed by atoms with van der Waals surface area (Å²) in [6, 6.07) is 7.57. The molecule has 1 amide bonds. The number of amides is 1. The van der Waals surface area contributed by atoms with E-state index in [4.69, 9.17) is 4.42 Å². The zero-order valence-corrected chi connectivity index (χ0v) is 11.6. The second kappa shape index (κ2) is 5.29. The molecule has 1 N–H and O–H groups in total. The number of hydrogen-bond donors (Lipinski definition) is 1. The van der Waals surface area contributed by atoms with E-state index in [1.54, 1.807) is 13.2 Å². The Balaban J connectivity index is 1.85. The SMILES string of the molecule is CC(O)C1CCCN(C(=O)c2coc3ccccc23)C1. The smallest absolute Gasteiger partial charge is 0.257 e. The quantitative estimate of drug-likeness (QED) is 0.915. The largest absolute Gasteiger partial charge is 0.463 e. The molecule has 2 atom stereocenters. The van der Waals surface area contributed by atoms with Crippen LogP contribution in [0, 0.1) is 5.92 Å². The van der Waals surface area contributed by atoms with Gasteiger partial charge in [-0.05, 0) is 25.8 Å². The van der Waals surface area contributed by atoms with Crippen molar-refractivity contribution >= 4 is 16.9 Å². The van der Waals surface area contributed by atoms with Crippen LogP contribution in [0.4, 0.5) is 0 Å². The maximum Gasteiger partial charge on any atom is 0.257 e. The molecule has 1 aromatic heterocycles. The van der Waals surface area contributed by atoms with Crippen molar-refractivity contribution in [2.75, 3.05) is 13.1 Å². The van der Waals surface area contributed by atoms with E-state index in [0.717, 1.165) is 30.4 Å². The van der Waals surface area contributed by atoms with Gasteiger partial charge in [-0.1, -0.05) is 18.2 Å². The first kappa shape index (κ1) is 13.2. The molecular formula is C16H19NO3. The molecule has 1 fully saturated rings. The van der Waals surface area contributed by atoms with Gasteiger partial charge in [0.25, 0.3) is 5.91 Å². The Bertz CT molecular complexity index is 617. The van der Waals surface area contributed by atoms with Crippen molar-refractivity contribution in [1.29, 1.82) is 0 Å².